The predicted octanol–water partition coefficient (Wildman–Crippen LogP) is 3.55. The van der Waals surface area contributed by atoms with Crippen LogP contribution >= 0.6 is 0 Å². The molecule has 0 aliphatic carbocycles. The Labute approximate surface area is 150 Å². The number of aryl methyl sites for hydroxylation is 2. The molecule has 0 saturated heterocycles. The molecule has 1 aromatic carbocycles. The first-order valence-electron chi connectivity index (χ1n) is 8.14. The fourth-order valence-electron chi connectivity index (χ4n) is 2.93. The molecule has 0 spiro atoms. The summed E-state index contributed by atoms with van der Waals surface area (Å²) in [5.41, 5.74) is 3.86. The molecule has 26 heavy (non-hydrogen) atoms. The number of hydrogen-bond donors (Lipinski definition) is 1. The Balaban J connectivity index is 1.72. The average molecular weight is 353 g/mol. The number of ketones is 1. The maximum Gasteiger partial charge on any atom is 0.355 e. The average Bonchev–Trinajstić information content (AvgIpc) is 3.17. The van der Waals surface area contributed by atoms with Crippen LogP contribution in [0.15, 0.2) is 28.8 Å². The van der Waals surface area contributed by atoms with Gasteiger partial charge in [-0.15, -0.1) is 0 Å². The van der Waals surface area contributed by atoms with Gasteiger partial charge in [-0.2, -0.15) is 4.98 Å². The van der Waals surface area contributed by atoms with Gasteiger partial charge < -0.3 is 14.2 Å². The van der Waals surface area contributed by atoms with E-state index in [0.29, 0.717) is 22.6 Å². The van der Waals surface area contributed by atoms with Crippen LogP contribution in [0.1, 0.15) is 50.5 Å². The van der Waals surface area contributed by atoms with Gasteiger partial charge in [-0.05, 0) is 38.8 Å². The number of nitrogens with one attached hydrogen (secondary N) is 1. The SMILES string of the molecule is CC(=O)c1c(C)[nH]c(C(=O)OCc2nc(-c3ccccc3C)no2)c1C. The van der Waals surface area contributed by atoms with E-state index < -0.39 is 5.97 Å². The lowest BCUT2D eigenvalue weighted by Gasteiger charge is -2.01. The summed E-state index contributed by atoms with van der Waals surface area (Å²) < 4.78 is 10.4. The zero-order valence-corrected chi connectivity index (χ0v) is 15.0. The Morgan fingerprint density at radius 1 is 1.19 bits per heavy atom. The molecule has 3 aromatic rings. The van der Waals surface area contributed by atoms with Gasteiger partial charge in [0, 0.05) is 16.8 Å². The highest BCUT2D eigenvalue weighted by Crippen LogP contribution is 2.21. The van der Waals surface area contributed by atoms with E-state index in [1.54, 1.807) is 13.8 Å². The summed E-state index contributed by atoms with van der Waals surface area (Å²) >= 11 is 0. The maximum absolute atomic E-state index is 12.3. The first-order valence-corrected chi connectivity index (χ1v) is 8.14. The van der Waals surface area contributed by atoms with Gasteiger partial charge in [-0.25, -0.2) is 4.79 Å². The van der Waals surface area contributed by atoms with E-state index in [2.05, 4.69) is 15.1 Å². The zero-order valence-electron chi connectivity index (χ0n) is 15.0. The van der Waals surface area contributed by atoms with Gasteiger partial charge in [0.05, 0.1) is 0 Å². The molecule has 3 rings (SSSR count). The molecule has 0 radical (unpaired) electrons. The molecule has 0 unspecified atom stereocenters. The molecule has 0 amide bonds. The van der Waals surface area contributed by atoms with Crippen LogP contribution in [0.25, 0.3) is 11.4 Å². The first-order chi connectivity index (χ1) is 12.4. The number of nitrogens with zero attached hydrogens (tertiary/aromatic N) is 2. The summed E-state index contributed by atoms with van der Waals surface area (Å²) in [7, 11) is 0. The Bertz CT molecular complexity index is 985. The summed E-state index contributed by atoms with van der Waals surface area (Å²) in [6.07, 6.45) is 0. The lowest BCUT2D eigenvalue weighted by molar-refractivity contribution is 0.0422. The van der Waals surface area contributed by atoms with Crippen molar-refractivity contribution < 1.29 is 18.8 Å². The predicted molar refractivity (Wildman–Crippen MR) is 93.9 cm³/mol. The number of aromatic amines is 1. The largest absolute Gasteiger partial charge is 0.451 e. The third-order valence-electron chi connectivity index (χ3n) is 4.17. The number of esters is 1. The normalized spacial score (nSPS) is 10.8. The highest BCUT2D eigenvalue weighted by Gasteiger charge is 2.21. The summed E-state index contributed by atoms with van der Waals surface area (Å²) in [4.78, 5) is 31.1. The molecule has 0 fully saturated rings. The molecular weight excluding hydrogens is 334 g/mol. The molecule has 0 aliphatic rings. The Kier molecular flexibility index (Phi) is 4.71. The lowest BCUT2D eigenvalue weighted by Crippen LogP contribution is -2.08. The van der Waals surface area contributed by atoms with Gasteiger partial charge in [-0.3, -0.25) is 4.79 Å². The third kappa shape index (κ3) is 3.28. The summed E-state index contributed by atoms with van der Waals surface area (Å²) in [6, 6.07) is 7.66. The molecule has 1 N–H and O–H groups in total. The van der Waals surface area contributed by atoms with Crippen molar-refractivity contribution in [1.29, 1.82) is 0 Å². The quantitative estimate of drug-likeness (QED) is 0.556. The van der Waals surface area contributed by atoms with Crippen molar-refractivity contribution in [2.75, 3.05) is 0 Å². The van der Waals surface area contributed by atoms with Gasteiger partial charge in [0.25, 0.3) is 5.89 Å². The fraction of sp³-hybridized carbons (Fsp3) is 0.263. The molecule has 0 atom stereocenters. The molecular formula is C19H19N3O4. The van der Waals surface area contributed by atoms with Crippen LogP contribution in [0, 0.1) is 20.8 Å². The standard InChI is InChI=1S/C19H19N3O4/c1-10-7-5-6-8-14(10)18-21-15(26-22-18)9-25-19(24)17-11(2)16(13(4)23)12(3)20-17/h5-8,20H,9H2,1-4H3. The number of aromatic nitrogens is 3. The Hall–Kier alpha value is -3.22. The van der Waals surface area contributed by atoms with E-state index in [9.17, 15) is 9.59 Å². The third-order valence-corrected chi connectivity index (χ3v) is 4.17. The van der Waals surface area contributed by atoms with Gasteiger partial charge in [0.1, 0.15) is 5.69 Å². The monoisotopic (exact) mass is 353 g/mol. The Morgan fingerprint density at radius 2 is 1.92 bits per heavy atom. The highest BCUT2D eigenvalue weighted by molar-refractivity contribution is 6.01. The van der Waals surface area contributed by atoms with Crippen molar-refractivity contribution >= 4 is 11.8 Å². The van der Waals surface area contributed by atoms with E-state index in [1.807, 2.05) is 31.2 Å². The number of benzene rings is 1. The number of ether oxygens (including phenoxy) is 1. The van der Waals surface area contributed by atoms with E-state index in [1.165, 1.54) is 6.92 Å². The van der Waals surface area contributed by atoms with Crippen LogP contribution in [0.3, 0.4) is 0 Å². The maximum atomic E-state index is 12.3. The van der Waals surface area contributed by atoms with Crippen LogP contribution in [0.5, 0.6) is 0 Å². The van der Waals surface area contributed by atoms with Crippen LogP contribution in [0.4, 0.5) is 0 Å². The smallest absolute Gasteiger partial charge is 0.355 e. The summed E-state index contributed by atoms with van der Waals surface area (Å²) in [5.74, 6) is -0.0342. The van der Waals surface area contributed by atoms with E-state index >= 15 is 0 Å². The molecule has 7 nitrogen and oxygen atoms in total. The highest BCUT2D eigenvalue weighted by atomic mass is 16.6. The van der Waals surface area contributed by atoms with Crippen molar-refractivity contribution in [3.63, 3.8) is 0 Å². The second-order valence-electron chi connectivity index (χ2n) is 6.08. The Morgan fingerprint density at radius 3 is 2.58 bits per heavy atom. The molecule has 2 aromatic heterocycles. The minimum Gasteiger partial charge on any atom is -0.451 e. The van der Waals surface area contributed by atoms with Crippen molar-refractivity contribution in [2.24, 2.45) is 0 Å². The van der Waals surface area contributed by atoms with Gasteiger partial charge in [0.2, 0.25) is 5.82 Å². The molecule has 134 valence electrons. The van der Waals surface area contributed by atoms with Crippen LogP contribution < -0.4 is 0 Å². The van der Waals surface area contributed by atoms with Crippen molar-refractivity contribution in [2.45, 2.75) is 34.3 Å². The minimum absolute atomic E-state index is 0.102. The summed E-state index contributed by atoms with van der Waals surface area (Å²) in [6.45, 7) is 6.72. The second kappa shape index (κ2) is 6.95. The van der Waals surface area contributed by atoms with Gasteiger partial charge in [-0.1, -0.05) is 29.4 Å². The fourth-order valence-corrected chi connectivity index (χ4v) is 2.93. The van der Waals surface area contributed by atoms with E-state index in [0.717, 1.165) is 11.1 Å². The number of hydrogen-bond acceptors (Lipinski definition) is 6. The number of Topliss-reactive ketones (excluding diaryl/α,β-unsaturated/α-hetero) is 1. The lowest BCUT2D eigenvalue weighted by atomic mass is 10.1. The molecule has 2 heterocycles. The first kappa shape index (κ1) is 17.6. The topological polar surface area (TPSA) is 98.1 Å². The number of carbonyl (C=O) groups excluding carboxylic acids is 2. The van der Waals surface area contributed by atoms with Crippen molar-refractivity contribution in [1.82, 2.24) is 15.1 Å². The minimum atomic E-state index is -0.575. The summed E-state index contributed by atoms with van der Waals surface area (Å²) in [5, 5.41) is 3.93. The zero-order chi connectivity index (χ0) is 18.8. The van der Waals surface area contributed by atoms with Crippen LogP contribution in [-0.2, 0) is 11.3 Å². The number of H-pyrrole nitrogens is 1. The molecule has 0 aliphatic heterocycles. The van der Waals surface area contributed by atoms with E-state index in [4.69, 9.17) is 9.26 Å². The molecule has 0 bridgehead atoms. The second-order valence-corrected chi connectivity index (χ2v) is 6.08. The number of rotatable bonds is 5. The number of carbonyl (C=O) groups is 2. The van der Waals surface area contributed by atoms with Gasteiger partial charge in [0.15, 0.2) is 12.4 Å². The van der Waals surface area contributed by atoms with Crippen LogP contribution in [0.2, 0.25) is 0 Å². The van der Waals surface area contributed by atoms with E-state index in [-0.39, 0.29) is 24.0 Å². The molecule has 0 saturated carbocycles. The van der Waals surface area contributed by atoms with Crippen LogP contribution in [-0.4, -0.2) is 26.9 Å². The molecule has 7 heteroatoms. The van der Waals surface area contributed by atoms with Crippen molar-refractivity contribution in [3.05, 3.63) is 58.2 Å². The van der Waals surface area contributed by atoms with Crippen molar-refractivity contribution in [3.8, 4) is 11.4 Å². The van der Waals surface area contributed by atoms with Gasteiger partial charge >= 0.3 is 5.97 Å².